The van der Waals surface area contributed by atoms with Crippen molar-refractivity contribution in [3.63, 3.8) is 0 Å². The van der Waals surface area contributed by atoms with E-state index in [1.807, 2.05) is 0 Å². The highest BCUT2D eigenvalue weighted by Crippen LogP contribution is 2.37. The molecule has 0 amide bonds. The monoisotopic (exact) mass is 478 g/mol. The van der Waals surface area contributed by atoms with Gasteiger partial charge in [0.2, 0.25) is 0 Å². The van der Waals surface area contributed by atoms with Gasteiger partial charge in [-0.05, 0) is 96.5 Å². The fraction of sp³-hybridized carbons (Fsp3) is 0.500. The lowest BCUT2D eigenvalue weighted by molar-refractivity contribution is 0.303. The number of hydrogen-bond acceptors (Lipinski definition) is 0. The molecule has 0 saturated heterocycles. The number of benzene rings is 3. The van der Waals surface area contributed by atoms with Crippen LogP contribution in [0.5, 0.6) is 0 Å². The van der Waals surface area contributed by atoms with Crippen LogP contribution in [0.15, 0.2) is 60.7 Å². The Morgan fingerprint density at radius 1 is 0.611 bits per heavy atom. The van der Waals surface area contributed by atoms with Gasteiger partial charge >= 0.3 is 0 Å². The first-order valence-corrected chi connectivity index (χ1v) is 14.9. The van der Waals surface area contributed by atoms with Gasteiger partial charge in [0, 0.05) is 11.1 Å². The van der Waals surface area contributed by atoms with Gasteiger partial charge in [0.05, 0.1) is 0 Å². The van der Waals surface area contributed by atoms with Crippen LogP contribution in [-0.2, 0) is 6.42 Å². The topological polar surface area (TPSA) is 0 Å². The average molecular weight is 479 g/mol. The Balaban J connectivity index is 1.30. The summed E-state index contributed by atoms with van der Waals surface area (Å²) in [6.07, 6.45) is 19.1. The molecule has 0 bridgehead atoms. The molecule has 0 heteroatoms. The Labute approximate surface area is 220 Å². The molecule has 0 N–H and O–H groups in total. The largest absolute Gasteiger partial charge is 0.0654 e. The molecule has 0 unspecified atom stereocenters. The third-order valence-corrected chi connectivity index (χ3v) is 8.27. The van der Waals surface area contributed by atoms with Gasteiger partial charge in [-0.3, -0.25) is 0 Å². The fourth-order valence-corrected chi connectivity index (χ4v) is 5.91. The second-order valence-electron chi connectivity index (χ2n) is 11.1. The van der Waals surface area contributed by atoms with Gasteiger partial charge in [-0.25, -0.2) is 0 Å². The fourth-order valence-electron chi connectivity index (χ4n) is 5.91. The van der Waals surface area contributed by atoms with E-state index in [2.05, 4.69) is 86.4 Å². The van der Waals surface area contributed by atoms with E-state index in [1.165, 1.54) is 112 Å². The zero-order chi connectivity index (χ0) is 25.0. The molecule has 0 atom stereocenters. The molecular formula is C36H46. The molecule has 0 spiro atoms. The van der Waals surface area contributed by atoms with Gasteiger partial charge in [0.1, 0.15) is 0 Å². The third kappa shape index (κ3) is 8.00. The molecule has 3 aromatic carbocycles. The maximum Gasteiger partial charge on any atom is 0.0255 e. The Morgan fingerprint density at radius 3 is 2.03 bits per heavy atom. The van der Waals surface area contributed by atoms with Crippen LogP contribution >= 0.6 is 0 Å². The number of aryl methyl sites for hydroxylation is 1. The van der Waals surface area contributed by atoms with Crippen molar-refractivity contribution in [1.29, 1.82) is 0 Å². The van der Waals surface area contributed by atoms with Crippen molar-refractivity contribution in [2.24, 2.45) is 5.92 Å². The van der Waals surface area contributed by atoms with Crippen molar-refractivity contribution in [2.75, 3.05) is 0 Å². The number of unbranched alkanes of at least 4 members (excludes halogenated alkanes) is 6. The van der Waals surface area contributed by atoms with E-state index in [1.54, 1.807) is 0 Å². The molecule has 0 aliphatic heterocycles. The van der Waals surface area contributed by atoms with E-state index in [-0.39, 0.29) is 0 Å². The highest BCUT2D eigenvalue weighted by Gasteiger charge is 2.21. The molecule has 3 aromatic rings. The van der Waals surface area contributed by atoms with E-state index in [0.29, 0.717) is 0 Å². The van der Waals surface area contributed by atoms with Crippen molar-refractivity contribution in [3.05, 3.63) is 82.9 Å². The zero-order valence-electron chi connectivity index (χ0n) is 22.8. The lowest BCUT2D eigenvalue weighted by atomic mass is 9.77. The molecule has 0 radical (unpaired) electrons. The maximum atomic E-state index is 3.40. The lowest BCUT2D eigenvalue weighted by Gasteiger charge is -2.29. The quantitative estimate of drug-likeness (QED) is 0.190. The minimum atomic E-state index is 0.746. The number of rotatable bonds is 11. The van der Waals surface area contributed by atoms with Gasteiger partial charge in [-0.2, -0.15) is 0 Å². The third-order valence-electron chi connectivity index (χ3n) is 8.27. The minimum Gasteiger partial charge on any atom is -0.0654 e. The van der Waals surface area contributed by atoms with E-state index < -0.39 is 0 Å². The first kappa shape index (κ1) is 26.5. The van der Waals surface area contributed by atoms with Crippen molar-refractivity contribution in [3.8, 4) is 11.8 Å². The smallest absolute Gasteiger partial charge is 0.0255 e. The van der Waals surface area contributed by atoms with Crippen LogP contribution in [0.2, 0.25) is 0 Å². The van der Waals surface area contributed by atoms with Crippen molar-refractivity contribution < 1.29 is 0 Å². The summed E-state index contributed by atoms with van der Waals surface area (Å²) in [5.74, 6) is 8.52. The molecule has 36 heavy (non-hydrogen) atoms. The first-order valence-electron chi connectivity index (χ1n) is 14.9. The number of hydrogen-bond donors (Lipinski definition) is 0. The van der Waals surface area contributed by atoms with Crippen molar-refractivity contribution >= 4 is 10.8 Å². The molecular weight excluding hydrogens is 432 g/mol. The summed E-state index contributed by atoms with van der Waals surface area (Å²) in [4.78, 5) is 0. The number of fused-ring (bicyclic) bond motifs is 1. The van der Waals surface area contributed by atoms with E-state index in [4.69, 9.17) is 0 Å². The van der Waals surface area contributed by atoms with Gasteiger partial charge in [0.25, 0.3) is 0 Å². The first-order chi connectivity index (χ1) is 17.7. The summed E-state index contributed by atoms with van der Waals surface area (Å²) in [5.41, 5.74) is 5.19. The van der Waals surface area contributed by atoms with E-state index in [9.17, 15) is 0 Å². The van der Waals surface area contributed by atoms with Crippen LogP contribution in [0, 0.1) is 17.8 Å². The van der Waals surface area contributed by atoms with Crippen molar-refractivity contribution in [1.82, 2.24) is 0 Å². The molecule has 1 fully saturated rings. The molecule has 1 aliphatic rings. The van der Waals surface area contributed by atoms with Crippen LogP contribution in [0.4, 0.5) is 0 Å². The molecule has 0 heterocycles. The van der Waals surface area contributed by atoms with Crippen LogP contribution in [0.25, 0.3) is 10.8 Å². The molecule has 1 saturated carbocycles. The van der Waals surface area contributed by atoms with Gasteiger partial charge in [-0.1, -0.05) is 113 Å². The van der Waals surface area contributed by atoms with Gasteiger partial charge in [-0.15, -0.1) is 0 Å². The Kier molecular flexibility index (Phi) is 10.5. The predicted octanol–water partition coefficient (Wildman–Crippen LogP) is 10.6. The Morgan fingerprint density at radius 2 is 1.25 bits per heavy atom. The standard InChI is InChI=1S/C36H46/c1-3-5-7-8-10-12-31-19-25-36-28-32(20-26-35(36)27-31)14-13-30-17-23-34(24-18-30)33-21-15-29(16-22-33)11-9-6-4-2/h17-20,23-29,33H,3-12,15-16,21-22H2,1-2H3. The SMILES string of the molecule is CCCCCCCc1ccc2cc(C#Cc3ccc(C4CCC(CCCCC)CC4)cc3)ccc2c1. The predicted molar refractivity (Wildman–Crippen MR) is 158 cm³/mol. The highest BCUT2D eigenvalue weighted by molar-refractivity contribution is 5.84. The van der Waals surface area contributed by atoms with E-state index in [0.717, 1.165) is 23.0 Å². The average Bonchev–Trinajstić information content (AvgIpc) is 2.92. The molecule has 0 nitrogen and oxygen atoms in total. The highest BCUT2D eigenvalue weighted by atomic mass is 14.3. The van der Waals surface area contributed by atoms with Crippen LogP contribution in [-0.4, -0.2) is 0 Å². The van der Waals surface area contributed by atoms with Crippen LogP contribution < -0.4 is 0 Å². The second-order valence-corrected chi connectivity index (χ2v) is 11.1. The summed E-state index contributed by atoms with van der Waals surface area (Å²) >= 11 is 0. The maximum absolute atomic E-state index is 3.40. The summed E-state index contributed by atoms with van der Waals surface area (Å²) < 4.78 is 0. The zero-order valence-corrected chi connectivity index (χ0v) is 22.8. The Bertz CT molecular complexity index is 1120. The summed E-state index contributed by atoms with van der Waals surface area (Å²) in [6.45, 7) is 4.58. The molecule has 190 valence electrons. The van der Waals surface area contributed by atoms with Crippen molar-refractivity contribution in [2.45, 2.75) is 110 Å². The van der Waals surface area contributed by atoms with Gasteiger partial charge in [0.15, 0.2) is 0 Å². The summed E-state index contributed by atoms with van der Waals surface area (Å²) in [7, 11) is 0. The van der Waals surface area contributed by atoms with E-state index >= 15 is 0 Å². The van der Waals surface area contributed by atoms with Crippen LogP contribution in [0.1, 0.15) is 125 Å². The van der Waals surface area contributed by atoms with Crippen LogP contribution in [0.3, 0.4) is 0 Å². The Hall–Kier alpha value is -2.52. The summed E-state index contributed by atoms with van der Waals surface area (Å²) in [6, 6.07) is 22.7. The van der Waals surface area contributed by atoms with Gasteiger partial charge < -0.3 is 0 Å². The molecule has 4 rings (SSSR count). The molecule has 0 aromatic heterocycles. The lowest BCUT2D eigenvalue weighted by Crippen LogP contribution is -2.13. The normalized spacial score (nSPS) is 17.6. The minimum absolute atomic E-state index is 0.746. The molecule has 1 aliphatic carbocycles. The summed E-state index contributed by atoms with van der Waals surface area (Å²) in [5, 5.41) is 2.62. The second kappa shape index (κ2) is 14.3.